The Morgan fingerprint density at radius 1 is 1.25 bits per heavy atom. The number of carboxylic acids is 1. The number of hydrogen-bond donors (Lipinski definition) is 2. The SMILES string of the molecule is CC(C)(CNCCCCC(F)(F)F)C(=O)O. The van der Waals surface area contributed by atoms with Crippen molar-refractivity contribution in [3.05, 3.63) is 0 Å². The molecule has 3 nitrogen and oxygen atoms in total. The summed E-state index contributed by atoms with van der Waals surface area (Å²) in [6, 6.07) is 0. The molecule has 2 N–H and O–H groups in total. The Bertz CT molecular complexity index is 227. The zero-order valence-electron chi connectivity index (χ0n) is 9.52. The van der Waals surface area contributed by atoms with Gasteiger partial charge in [-0.15, -0.1) is 0 Å². The molecular formula is C10H18F3NO2. The lowest BCUT2D eigenvalue weighted by Crippen LogP contribution is -2.36. The highest BCUT2D eigenvalue weighted by Gasteiger charge is 2.27. The van der Waals surface area contributed by atoms with Gasteiger partial charge in [-0.1, -0.05) is 0 Å². The smallest absolute Gasteiger partial charge is 0.389 e. The molecule has 96 valence electrons. The molecule has 0 heterocycles. The minimum Gasteiger partial charge on any atom is -0.481 e. The van der Waals surface area contributed by atoms with Crippen LogP contribution in [0.5, 0.6) is 0 Å². The number of carbonyl (C=O) groups is 1. The number of hydrogen-bond acceptors (Lipinski definition) is 2. The molecule has 0 fully saturated rings. The normalized spacial score (nSPS) is 12.8. The van der Waals surface area contributed by atoms with Crippen molar-refractivity contribution >= 4 is 5.97 Å². The predicted molar refractivity (Wildman–Crippen MR) is 54.2 cm³/mol. The van der Waals surface area contributed by atoms with Gasteiger partial charge >= 0.3 is 12.1 Å². The van der Waals surface area contributed by atoms with E-state index >= 15 is 0 Å². The van der Waals surface area contributed by atoms with Crippen LogP contribution < -0.4 is 5.32 Å². The van der Waals surface area contributed by atoms with Crippen molar-refractivity contribution in [1.29, 1.82) is 0 Å². The van der Waals surface area contributed by atoms with E-state index in [1.165, 1.54) is 0 Å². The first-order chi connectivity index (χ1) is 7.15. The van der Waals surface area contributed by atoms with Crippen LogP contribution in [0.4, 0.5) is 13.2 Å². The average molecular weight is 241 g/mol. The van der Waals surface area contributed by atoms with Gasteiger partial charge in [-0.05, 0) is 33.2 Å². The summed E-state index contributed by atoms with van der Waals surface area (Å²) in [5.41, 5.74) is -0.885. The van der Waals surface area contributed by atoms with E-state index in [1.54, 1.807) is 13.8 Å². The van der Waals surface area contributed by atoms with Crippen molar-refractivity contribution in [2.24, 2.45) is 5.41 Å². The molecule has 0 radical (unpaired) electrons. The van der Waals surface area contributed by atoms with E-state index in [4.69, 9.17) is 5.11 Å². The van der Waals surface area contributed by atoms with E-state index in [9.17, 15) is 18.0 Å². The standard InChI is InChI=1S/C10H18F3NO2/c1-9(2,8(15)16)7-14-6-4-3-5-10(11,12)13/h14H,3-7H2,1-2H3,(H,15,16). The van der Waals surface area contributed by atoms with Crippen molar-refractivity contribution in [2.45, 2.75) is 39.3 Å². The quantitative estimate of drug-likeness (QED) is 0.673. The third-order valence-electron chi connectivity index (χ3n) is 2.21. The Morgan fingerprint density at radius 3 is 2.25 bits per heavy atom. The van der Waals surface area contributed by atoms with Crippen LogP contribution in [-0.4, -0.2) is 30.3 Å². The first-order valence-corrected chi connectivity index (χ1v) is 5.16. The van der Waals surface area contributed by atoms with Gasteiger partial charge < -0.3 is 10.4 Å². The highest BCUT2D eigenvalue weighted by Crippen LogP contribution is 2.21. The summed E-state index contributed by atoms with van der Waals surface area (Å²) in [7, 11) is 0. The van der Waals surface area contributed by atoms with E-state index < -0.39 is 24.0 Å². The second-order valence-corrected chi connectivity index (χ2v) is 4.44. The molecule has 0 aromatic carbocycles. The average Bonchev–Trinajstić information content (AvgIpc) is 2.09. The molecule has 0 atom stereocenters. The van der Waals surface area contributed by atoms with Crippen molar-refractivity contribution in [1.82, 2.24) is 5.32 Å². The molecule has 0 rings (SSSR count). The summed E-state index contributed by atoms with van der Waals surface area (Å²) in [6.45, 7) is 3.80. The van der Waals surface area contributed by atoms with Crippen molar-refractivity contribution < 1.29 is 23.1 Å². The summed E-state index contributed by atoms with van der Waals surface area (Å²) in [5, 5.41) is 11.6. The maximum absolute atomic E-state index is 11.8. The van der Waals surface area contributed by atoms with E-state index in [1.807, 2.05) is 0 Å². The minimum absolute atomic E-state index is 0.0734. The van der Waals surface area contributed by atoms with Gasteiger partial charge in [0.15, 0.2) is 0 Å². The highest BCUT2D eigenvalue weighted by atomic mass is 19.4. The fourth-order valence-electron chi connectivity index (χ4n) is 1.05. The first-order valence-electron chi connectivity index (χ1n) is 5.16. The molecule has 0 unspecified atom stereocenters. The van der Waals surface area contributed by atoms with Crippen LogP contribution in [-0.2, 0) is 4.79 Å². The molecule has 0 aliphatic heterocycles. The monoisotopic (exact) mass is 241 g/mol. The Kier molecular flexibility index (Phi) is 5.78. The van der Waals surface area contributed by atoms with Gasteiger partial charge in [0, 0.05) is 13.0 Å². The molecule has 0 aliphatic rings. The fraction of sp³-hybridized carbons (Fsp3) is 0.900. The number of unbranched alkanes of at least 4 members (excludes halogenated alkanes) is 1. The molecular weight excluding hydrogens is 223 g/mol. The zero-order valence-corrected chi connectivity index (χ0v) is 9.52. The molecule has 0 spiro atoms. The zero-order chi connectivity index (χ0) is 12.8. The van der Waals surface area contributed by atoms with Crippen molar-refractivity contribution in [2.75, 3.05) is 13.1 Å². The number of aliphatic carboxylic acids is 1. The lowest BCUT2D eigenvalue weighted by molar-refractivity contribution is -0.146. The lowest BCUT2D eigenvalue weighted by atomic mass is 9.94. The number of halogens is 3. The Hall–Kier alpha value is -0.780. The Morgan fingerprint density at radius 2 is 1.81 bits per heavy atom. The fourth-order valence-corrected chi connectivity index (χ4v) is 1.05. The summed E-state index contributed by atoms with van der Waals surface area (Å²) in [5.74, 6) is -0.921. The number of alkyl halides is 3. The maximum Gasteiger partial charge on any atom is 0.389 e. The maximum atomic E-state index is 11.8. The van der Waals surface area contributed by atoms with E-state index in [0.717, 1.165) is 0 Å². The van der Waals surface area contributed by atoms with Gasteiger partial charge in [-0.25, -0.2) is 0 Å². The number of carboxylic acid groups (broad SMARTS) is 1. The van der Waals surface area contributed by atoms with E-state index in [2.05, 4.69) is 5.32 Å². The Balaban J connectivity index is 3.52. The minimum atomic E-state index is -4.10. The largest absolute Gasteiger partial charge is 0.481 e. The van der Waals surface area contributed by atoms with Gasteiger partial charge in [0.05, 0.1) is 5.41 Å². The topological polar surface area (TPSA) is 49.3 Å². The third-order valence-corrected chi connectivity index (χ3v) is 2.21. The van der Waals surface area contributed by atoms with Crippen LogP contribution in [0.1, 0.15) is 33.1 Å². The number of rotatable bonds is 7. The third kappa shape index (κ3) is 7.50. The number of nitrogens with one attached hydrogen (secondary N) is 1. The molecule has 0 bridgehead atoms. The summed E-state index contributed by atoms with van der Waals surface area (Å²) < 4.78 is 35.3. The van der Waals surface area contributed by atoms with Gasteiger partial charge in [-0.3, -0.25) is 4.79 Å². The second-order valence-electron chi connectivity index (χ2n) is 4.44. The van der Waals surface area contributed by atoms with Crippen LogP contribution >= 0.6 is 0 Å². The summed E-state index contributed by atoms with van der Waals surface area (Å²) >= 11 is 0. The molecule has 0 amide bonds. The van der Waals surface area contributed by atoms with Gasteiger partial charge in [-0.2, -0.15) is 13.2 Å². The van der Waals surface area contributed by atoms with Crippen LogP contribution in [0.15, 0.2) is 0 Å². The summed E-state index contributed by atoms with van der Waals surface area (Å²) in [4.78, 5) is 10.7. The van der Waals surface area contributed by atoms with Crippen LogP contribution in [0.2, 0.25) is 0 Å². The highest BCUT2D eigenvalue weighted by molar-refractivity contribution is 5.73. The second kappa shape index (κ2) is 6.08. The summed E-state index contributed by atoms with van der Waals surface area (Å²) in [6.07, 6.45) is -4.41. The molecule has 0 saturated heterocycles. The van der Waals surface area contributed by atoms with Crippen LogP contribution in [0.25, 0.3) is 0 Å². The predicted octanol–water partition coefficient (Wildman–Crippen LogP) is 2.42. The van der Waals surface area contributed by atoms with E-state index in [-0.39, 0.29) is 13.0 Å². The Labute approximate surface area is 93.0 Å². The van der Waals surface area contributed by atoms with Crippen LogP contribution in [0, 0.1) is 5.41 Å². The first kappa shape index (κ1) is 15.2. The van der Waals surface area contributed by atoms with Crippen LogP contribution in [0.3, 0.4) is 0 Å². The molecule has 0 aromatic rings. The van der Waals surface area contributed by atoms with Gasteiger partial charge in [0.2, 0.25) is 0 Å². The molecule has 6 heteroatoms. The molecule has 0 aromatic heterocycles. The van der Waals surface area contributed by atoms with Gasteiger partial charge in [0.1, 0.15) is 0 Å². The lowest BCUT2D eigenvalue weighted by Gasteiger charge is -2.19. The molecule has 16 heavy (non-hydrogen) atoms. The molecule has 0 saturated carbocycles. The van der Waals surface area contributed by atoms with Crippen molar-refractivity contribution in [3.8, 4) is 0 Å². The van der Waals surface area contributed by atoms with E-state index in [0.29, 0.717) is 13.0 Å². The van der Waals surface area contributed by atoms with Gasteiger partial charge in [0.25, 0.3) is 0 Å². The van der Waals surface area contributed by atoms with Crippen molar-refractivity contribution in [3.63, 3.8) is 0 Å². The molecule has 0 aliphatic carbocycles.